The van der Waals surface area contributed by atoms with Crippen LogP contribution in [0.2, 0.25) is 19.6 Å². The summed E-state index contributed by atoms with van der Waals surface area (Å²) in [5, 5.41) is 0. The molecule has 0 aliphatic carbocycles. The van der Waals surface area contributed by atoms with E-state index in [0.29, 0.717) is 0 Å². The van der Waals surface area contributed by atoms with Gasteiger partial charge in [0.2, 0.25) is 0 Å². The predicted octanol–water partition coefficient (Wildman–Crippen LogP) is 2.69. The number of nitrogens with zero attached hydrogens (tertiary/aromatic N) is 2. The normalized spacial score (nSPS) is 14.9. The third-order valence-corrected chi connectivity index (χ3v) is 3.72. The number of hydrogen-bond donors (Lipinski definition) is 0. The molecule has 0 radical (unpaired) electrons. The molecular formula is C14H20N2Si. The fraction of sp³-hybridized carbons (Fsp3) is 0.500. The molecule has 2 rings (SSSR count). The first kappa shape index (κ1) is 12.2. The molecule has 1 aromatic heterocycles. The van der Waals surface area contributed by atoms with Crippen molar-refractivity contribution in [3.63, 3.8) is 0 Å². The van der Waals surface area contributed by atoms with Crippen LogP contribution in [0.5, 0.6) is 0 Å². The van der Waals surface area contributed by atoms with E-state index in [-0.39, 0.29) is 0 Å². The molecule has 0 N–H and O–H groups in total. The van der Waals surface area contributed by atoms with E-state index in [4.69, 9.17) is 0 Å². The second-order valence-corrected chi connectivity index (χ2v) is 10.5. The lowest BCUT2D eigenvalue weighted by atomic mass is 10.1. The molecule has 0 bridgehead atoms. The molecule has 0 saturated carbocycles. The summed E-state index contributed by atoms with van der Waals surface area (Å²) in [6.07, 6.45) is 4.23. The summed E-state index contributed by atoms with van der Waals surface area (Å²) < 4.78 is 0. The average molecular weight is 244 g/mol. The van der Waals surface area contributed by atoms with Gasteiger partial charge in [0, 0.05) is 25.4 Å². The SMILES string of the molecule is CN1CCCc2ncc(C#C[Si](C)(C)C)cc21. The number of aromatic nitrogens is 1. The van der Waals surface area contributed by atoms with Gasteiger partial charge in [-0.15, -0.1) is 5.54 Å². The van der Waals surface area contributed by atoms with Gasteiger partial charge >= 0.3 is 0 Å². The fourth-order valence-corrected chi connectivity index (χ4v) is 2.46. The molecule has 1 aromatic rings. The van der Waals surface area contributed by atoms with E-state index >= 15 is 0 Å². The third-order valence-electron chi connectivity index (χ3n) is 2.85. The highest BCUT2D eigenvalue weighted by Gasteiger charge is 2.15. The minimum Gasteiger partial charge on any atom is -0.373 e. The van der Waals surface area contributed by atoms with Gasteiger partial charge in [0.1, 0.15) is 8.07 Å². The second-order valence-electron chi connectivity index (χ2n) is 5.71. The van der Waals surface area contributed by atoms with Crippen molar-refractivity contribution >= 4 is 13.8 Å². The van der Waals surface area contributed by atoms with Gasteiger partial charge in [-0.1, -0.05) is 25.6 Å². The standard InChI is InChI=1S/C14H20N2Si/c1-16-8-5-6-13-14(16)10-12(11-15-13)7-9-17(2,3)4/h10-11H,5-6,8H2,1-4H3. The molecule has 0 unspecified atom stereocenters. The number of anilines is 1. The molecule has 90 valence electrons. The number of hydrogen-bond acceptors (Lipinski definition) is 2. The van der Waals surface area contributed by atoms with Crippen molar-refractivity contribution < 1.29 is 0 Å². The maximum atomic E-state index is 4.54. The lowest BCUT2D eigenvalue weighted by Crippen LogP contribution is -2.25. The molecule has 0 aromatic carbocycles. The Bertz CT molecular complexity index is 477. The zero-order chi connectivity index (χ0) is 12.5. The van der Waals surface area contributed by atoms with Crippen LogP contribution in [-0.4, -0.2) is 26.7 Å². The summed E-state index contributed by atoms with van der Waals surface area (Å²) in [5.41, 5.74) is 6.93. The van der Waals surface area contributed by atoms with Gasteiger partial charge in [-0.05, 0) is 18.9 Å². The van der Waals surface area contributed by atoms with Crippen molar-refractivity contribution in [1.82, 2.24) is 4.98 Å². The Balaban J connectivity index is 2.32. The van der Waals surface area contributed by atoms with Gasteiger partial charge in [0.15, 0.2) is 0 Å². The van der Waals surface area contributed by atoms with Crippen LogP contribution in [-0.2, 0) is 6.42 Å². The smallest absolute Gasteiger partial charge is 0.129 e. The average Bonchev–Trinajstić information content (AvgIpc) is 2.26. The summed E-state index contributed by atoms with van der Waals surface area (Å²) in [6.45, 7) is 7.91. The second kappa shape index (κ2) is 4.54. The molecule has 0 fully saturated rings. The summed E-state index contributed by atoms with van der Waals surface area (Å²) in [4.78, 5) is 6.82. The van der Waals surface area contributed by atoms with Crippen LogP contribution < -0.4 is 4.90 Å². The summed E-state index contributed by atoms with van der Waals surface area (Å²) >= 11 is 0. The molecule has 0 amide bonds. The van der Waals surface area contributed by atoms with Crippen LogP contribution in [0.25, 0.3) is 0 Å². The van der Waals surface area contributed by atoms with Crippen LogP contribution in [0.4, 0.5) is 5.69 Å². The molecular weight excluding hydrogens is 224 g/mol. The number of aryl methyl sites for hydroxylation is 1. The van der Waals surface area contributed by atoms with Crippen LogP contribution in [0.15, 0.2) is 12.3 Å². The Morgan fingerprint density at radius 1 is 1.35 bits per heavy atom. The first-order valence-corrected chi connectivity index (χ1v) is 9.69. The van der Waals surface area contributed by atoms with Gasteiger partial charge < -0.3 is 4.90 Å². The first-order chi connectivity index (χ1) is 7.96. The monoisotopic (exact) mass is 244 g/mol. The van der Waals surface area contributed by atoms with Crippen molar-refractivity contribution in [1.29, 1.82) is 0 Å². The molecule has 0 atom stereocenters. The van der Waals surface area contributed by atoms with E-state index in [0.717, 1.165) is 18.5 Å². The summed E-state index contributed by atoms with van der Waals surface area (Å²) in [7, 11) is 0.839. The zero-order valence-corrected chi connectivity index (χ0v) is 12.2. The Hall–Kier alpha value is -1.27. The lowest BCUT2D eigenvalue weighted by Gasteiger charge is -2.26. The van der Waals surface area contributed by atoms with E-state index in [9.17, 15) is 0 Å². The summed E-state index contributed by atoms with van der Waals surface area (Å²) in [6, 6.07) is 2.19. The number of fused-ring (bicyclic) bond motifs is 1. The van der Waals surface area contributed by atoms with Gasteiger partial charge in [-0.3, -0.25) is 4.98 Å². The minimum atomic E-state index is -1.29. The van der Waals surface area contributed by atoms with Crippen molar-refractivity contribution in [3.8, 4) is 11.5 Å². The Morgan fingerprint density at radius 2 is 2.12 bits per heavy atom. The molecule has 17 heavy (non-hydrogen) atoms. The third kappa shape index (κ3) is 3.10. The molecule has 1 aliphatic rings. The Morgan fingerprint density at radius 3 is 2.82 bits per heavy atom. The molecule has 3 heteroatoms. The quantitative estimate of drug-likeness (QED) is 0.515. The molecule has 2 nitrogen and oxygen atoms in total. The topological polar surface area (TPSA) is 16.1 Å². The minimum absolute atomic E-state index is 1.06. The maximum absolute atomic E-state index is 4.54. The first-order valence-electron chi connectivity index (χ1n) is 6.19. The van der Waals surface area contributed by atoms with E-state index in [1.807, 2.05) is 6.20 Å². The fourth-order valence-electron chi connectivity index (χ4n) is 1.94. The Kier molecular flexibility index (Phi) is 3.25. The van der Waals surface area contributed by atoms with Crippen molar-refractivity contribution in [3.05, 3.63) is 23.5 Å². The van der Waals surface area contributed by atoms with E-state index < -0.39 is 8.07 Å². The number of pyridine rings is 1. The van der Waals surface area contributed by atoms with Crippen molar-refractivity contribution in [2.75, 3.05) is 18.5 Å². The highest BCUT2D eigenvalue weighted by molar-refractivity contribution is 6.83. The summed E-state index contributed by atoms with van der Waals surface area (Å²) in [5.74, 6) is 3.28. The van der Waals surface area contributed by atoms with Crippen LogP contribution in [0, 0.1) is 11.5 Å². The Labute approximate surface area is 105 Å². The van der Waals surface area contributed by atoms with E-state index in [2.05, 4.69) is 54.1 Å². The van der Waals surface area contributed by atoms with Crippen molar-refractivity contribution in [2.24, 2.45) is 0 Å². The zero-order valence-electron chi connectivity index (χ0n) is 11.2. The van der Waals surface area contributed by atoms with E-state index in [1.165, 1.54) is 17.8 Å². The van der Waals surface area contributed by atoms with Gasteiger partial charge in [0.05, 0.1) is 11.4 Å². The lowest BCUT2D eigenvalue weighted by molar-refractivity contribution is 0.724. The van der Waals surface area contributed by atoms with Gasteiger partial charge in [0.25, 0.3) is 0 Å². The molecule has 1 aliphatic heterocycles. The highest BCUT2D eigenvalue weighted by atomic mass is 28.3. The van der Waals surface area contributed by atoms with Crippen LogP contribution in [0.1, 0.15) is 17.7 Å². The highest BCUT2D eigenvalue weighted by Crippen LogP contribution is 2.24. The predicted molar refractivity (Wildman–Crippen MR) is 76.1 cm³/mol. The van der Waals surface area contributed by atoms with Crippen LogP contribution in [0.3, 0.4) is 0 Å². The van der Waals surface area contributed by atoms with Crippen LogP contribution >= 0.6 is 0 Å². The maximum Gasteiger partial charge on any atom is 0.129 e. The van der Waals surface area contributed by atoms with Crippen molar-refractivity contribution in [2.45, 2.75) is 32.5 Å². The molecule has 2 heterocycles. The molecule has 0 saturated heterocycles. The van der Waals surface area contributed by atoms with Gasteiger partial charge in [-0.2, -0.15) is 0 Å². The van der Waals surface area contributed by atoms with Gasteiger partial charge in [-0.25, -0.2) is 0 Å². The van der Waals surface area contributed by atoms with E-state index in [1.54, 1.807) is 0 Å². The largest absolute Gasteiger partial charge is 0.373 e. The number of rotatable bonds is 0. The molecule has 0 spiro atoms.